The van der Waals surface area contributed by atoms with Gasteiger partial charge in [-0.1, -0.05) is 20.8 Å². The molecule has 1 aliphatic heterocycles. The van der Waals surface area contributed by atoms with Crippen molar-refractivity contribution in [3.63, 3.8) is 0 Å². The van der Waals surface area contributed by atoms with Gasteiger partial charge in [0, 0.05) is 19.0 Å². The minimum absolute atomic E-state index is 0.0430. The van der Waals surface area contributed by atoms with E-state index in [0.29, 0.717) is 11.7 Å². The fourth-order valence-corrected chi connectivity index (χ4v) is 2.69. The van der Waals surface area contributed by atoms with Crippen molar-refractivity contribution in [2.24, 2.45) is 5.92 Å². The zero-order chi connectivity index (χ0) is 15.2. The van der Waals surface area contributed by atoms with Gasteiger partial charge in [0.15, 0.2) is 0 Å². The third-order valence-electron chi connectivity index (χ3n) is 3.96. The molecule has 1 aromatic heterocycles. The lowest BCUT2D eigenvalue weighted by molar-refractivity contribution is 0.0704. The van der Waals surface area contributed by atoms with Crippen molar-refractivity contribution in [2.75, 3.05) is 26.2 Å². The first-order valence-electron chi connectivity index (χ1n) is 8.04. The molecule has 1 aliphatic rings. The van der Waals surface area contributed by atoms with Gasteiger partial charge in [0.25, 0.3) is 5.91 Å². The summed E-state index contributed by atoms with van der Waals surface area (Å²) < 4.78 is 0. The number of H-pyrrole nitrogens is 1. The van der Waals surface area contributed by atoms with Crippen LogP contribution in [0.15, 0.2) is 0 Å². The Morgan fingerprint density at radius 1 is 1.38 bits per heavy atom. The van der Waals surface area contributed by atoms with Gasteiger partial charge in [-0.25, -0.2) is 4.98 Å². The molecule has 0 aliphatic carbocycles. The van der Waals surface area contributed by atoms with Crippen molar-refractivity contribution in [2.45, 2.75) is 46.0 Å². The lowest BCUT2D eigenvalue weighted by Gasteiger charge is -2.29. The number of hydrogen-bond acceptors (Lipinski definition) is 4. The van der Waals surface area contributed by atoms with Crippen molar-refractivity contribution in [3.05, 3.63) is 11.6 Å². The van der Waals surface area contributed by atoms with Gasteiger partial charge >= 0.3 is 0 Å². The second-order valence-electron chi connectivity index (χ2n) is 6.14. The number of carbonyl (C=O) groups excluding carboxylic acids is 1. The smallest absolute Gasteiger partial charge is 0.293 e. The molecule has 0 bridgehead atoms. The van der Waals surface area contributed by atoms with Crippen LogP contribution in [-0.4, -0.2) is 52.2 Å². The van der Waals surface area contributed by atoms with Crippen molar-refractivity contribution in [1.82, 2.24) is 25.4 Å². The lowest BCUT2D eigenvalue weighted by atomic mass is 9.97. The van der Waals surface area contributed by atoms with E-state index < -0.39 is 0 Å². The van der Waals surface area contributed by atoms with Gasteiger partial charge in [-0.05, 0) is 38.3 Å². The summed E-state index contributed by atoms with van der Waals surface area (Å²) in [4.78, 5) is 18.9. The van der Waals surface area contributed by atoms with E-state index in [1.54, 1.807) is 0 Å². The van der Waals surface area contributed by atoms with Crippen LogP contribution >= 0.6 is 0 Å². The molecule has 1 aromatic rings. The average Bonchev–Trinajstić information content (AvgIpc) is 2.97. The summed E-state index contributed by atoms with van der Waals surface area (Å²) in [6.45, 7) is 9.86. The van der Waals surface area contributed by atoms with Crippen molar-refractivity contribution < 1.29 is 4.79 Å². The zero-order valence-electron chi connectivity index (χ0n) is 13.4. The Bertz CT molecular complexity index is 451. The van der Waals surface area contributed by atoms with Gasteiger partial charge in [-0.15, -0.1) is 5.10 Å². The van der Waals surface area contributed by atoms with Gasteiger partial charge in [0.05, 0.1) is 0 Å². The SMILES string of the molecule is CCCN(CC1CCNCC1)C(=O)c1n[nH]c(C(C)C)n1. The lowest BCUT2D eigenvalue weighted by Crippen LogP contribution is -2.40. The van der Waals surface area contributed by atoms with Crippen LogP contribution in [0.2, 0.25) is 0 Å². The third kappa shape index (κ3) is 4.27. The molecular formula is C15H27N5O. The maximum atomic E-state index is 12.6. The van der Waals surface area contributed by atoms with E-state index in [9.17, 15) is 4.79 Å². The summed E-state index contributed by atoms with van der Waals surface area (Å²) in [5.74, 6) is 1.88. The summed E-state index contributed by atoms with van der Waals surface area (Å²) in [6.07, 6.45) is 3.23. The molecule has 0 radical (unpaired) electrons. The van der Waals surface area contributed by atoms with Crippen LogP contribution in [0.1, 0.15) is 62.4 Å². The van der Waals surface area contributed by atoms with Crippen LogP contribution in [0.4, 0.5) is 0 Å². The highest BCUT2D eigenvalue weighted by Gasteiger charge is 2.24. The molecule has 0 atom stereocenters. The van der Waals surface area contributed by atoms with Gasteiger partial charge < -0.3 is 10.2 Å². The highest BCUT2D eigenvalue weighted by atomic mass is 16.2. The fraction of sp³-hybridized carbons (Fsp3) is 0.800. The number of nitrogens with zero attached hydrogens (tertiary/aromatic N) is 3. The van der Waals surface area contributed by atoms with Crippen molar-refractivity contribution >= 4 is 5.91 Å². The van der Waals surface area contributed by atoms with Crippen LogP contribution in [0, 0.1) is 5.92 Å². The number of carbonyl (C=O) groups is 1. The first kappa shape index (κ1) is 15.9. The summed E-state index contributed by atoms with van der Waals surface area (Å²) in [5.41, 5.74) is 0. The molecule has 0 aromatic carbocycles. The van der Waals surface area contributed by atoms with Crippen LogP contribution in [-0.2, 0) is 0 Å². The molecule has 1 saturated heterocycles. The minimum Gasteiger partial charge on any atom is -0.336 e. The molecule has 0 saturated carbocycles. The summed E-state index contributed by atoms with van der Waals surface area (Å²) in [6, 6.07) is 0. The number of piperidine rings is 1. The molecule has 0 unspecified atom stereocenters. The van der Waals surface area contributed by atoms with Crippen molar-refractivity contribution in [1.29, 1.82) is 0 Å². The van der Waals surface area contributed by atoms with E-state index in [1.807, 2.05) is 18.7 Å². The number of aromatic amines is 1. The maximum absolute atomic E-state index is 12.6. The summed E-state index contributed by atoms with van der Waals surface area (Å²) >= 11 is 0. The number of nitrogens with one attached hydrogen (secondary N) is 2. The Morgan fingerprint density at radius 3 is 2.67 bits per heavy atom. The molecule has 2 rings (SSSR count). The van der Waals surface area contributed by atoms with Gasteiger partial charge in [-0.3, -0.25) is 9.89 Å². The average molecular weight is 293 g/mol. The Kier molecular flexibility index (Phi) is 5.73. The minimum atomic E-state index is -0.0430. The van der Waals surface area contributed by atoms with E-state index in [0.717, 1.165) is 51.3 Å². The quantitative estimate of drug-likeness (QED) is 0.838. The predicted octanol–water partition coefficient (Wildman–Crippen LogP) is 1.78. The van der Waals surface area contributed by atoms with Crippen LogP contribution in [0.5, 0.6) is 0 Å². The van der Waals surface area contributed by atoms with E-state index in [2.05, 4.69) is 27.4 Å². The number of amides is 1. The van der Waals surface area contributed by atoms with Crippen LogP contribution in [0.3, 0.4) is 0 Å². The molecule has 21 heavy (non-hydrogen) atoms. The van der Waals surface area contributed by atoms with E-state index in [4.69, 9.17) is 0 Å². The molecule has 6 nitrogen and oxygen atoms in total. The molecule has 6 heteroatoms. The Morgan fingerprint density at radius 2 is 2.10 bits per heavy atom. The predicted molar refractivity (Wildman–Crippen MR) is 82.3 cm³/mol. The van der Waals surface area contributed by atoms with Crippen LogP contribution in [0.25, 0.3) is 0 Å². The number of aromatic nitrogens is 3. The van der Waals surface area contributed by atoms with Gasteiger partial charge in [0.2, 0.25) is 5.82 Å². The van der Waals surface area contributed by atoms with Gasteiger partial charge in [-0.2, -0.15) is 0 Å². The molecular weight excluding hydrogens is 266 g/mol. The molecule has 1 fully saturated rings. The monoisotopic (exact) mass is 293 g/mol. The first-order valence-corrected chi connectivity index (χ1v) is 8.04. The van der Waals surface area contributed by atoms with Gasteiger partial charge in [0.1, 0.15) is 5.82 Å². The second kappa shape index (κ2) is 7.54. The Hall–Kier alpha value is -1.43. The molecule has 0 spiro atoms. The third-order valence-corrected chi connectivity index (χ3v) is 3.96. The van der Waals surface area contributed by atoms with Crippen LogP contribution < -0.4 is 5.32 Å². The number of hydrogen-bond donors (Lipinski definition) is 2. The largest absolute Gasteiger partial charge is 0.336 e. The maximum Gasteiger partial charge on any atom is 0.293 e. The first-order chi connectivity index (χ1) is 10.1. The normalized spacial score (nSPS) is 16.4. The Labute approximate surface area is 126 Å². The summed E-state index contributed by atoms with van der Waals surface area (Å²) in [5, 5.41) is 10.3. The highest BCUT2D eigenvalue weighted by Crippen LogP contribution is 2.15. The fourth-order valence-electron chi connectivity index (χ4n) is 2.69. The Balaban J connectivity index is 2.02. The van der Waals surface area contributed by atoms with E-state index in [1.165, 1.54) is 0 Å². The second-order valence-corrected chi connectivity index (χ2v) is 6.14. The molecule has 1 amide bonds. The number of rotatable bonds is 6. The molecule has 2 heterocycles. The van der Waals surface area contributed by atoms with Crippen molar-refractivity contribution in [3.8, 4) is 0 Å². The topological polar surface area (TPSA) is 73.9 Å². The summed E-state index contributed by atoms with van der Waals surface area (Å²) in [7, 11) is 0. The van der Waals surface area contributed by atoms with E-state index >= 15 is 0 Å². The zero-order valence-corrected chi connectivity index (χ0v) is 13.4. The standard InChI is InChI=1S/C15H27N5O/c1-4-9-20(10-12-5-7-16-8-6-12)15(21)14-17-13(11(2)3)18-19-14/h11-12,16H,4-10H2,1-3H3,(H,17,18,19). The van der Waals surface area contributed by atoms with E-state index in [-0.39, 0.29) is 11.8 Å². The molecule has 2 N–H and O–H groups in total. The molecule has 118 valence electrons. The highest BCUT2D eigenvalue weighted by molar-refractivity contribution is 5.90.